The third kappa shape index (κ3) is 7.33. The number of hydrogen-bond acceptors (Lipinski definition) is 3. The molecule has 0 radical (unpaired) electrons. The molecule has 4 nitrogen and oxygen atoms in total. The van der Waals surface area contributed by atoms with E-state index in [4.69, 9.17) is 15.9 Å². The van der Waals surface area contributed by atoms with Gasteiger partial charge in [0.2, 0.25) is 0 Å². The molecule has 1 atom stereocenters. The second kappa shape index (κ2) is 7.61. The van der Waals surface area contributed by atoms with E-state index in [0.717, 1.165) is 31.9 Å². The molecule has 0 aromatic carbocycles. The topological polar surface area (TPSA) is 83.5 Å². The highest BCUT2D eigenvalue weighted by atomic mass is 16.4. The van der Waals surface area contributed by atoms with Gasteiger partial charge < -0.3 is 15.9 Å². The molecule has 0 rings (SSSR count). The monoisotopic (exact) mass is 187 g/mol. The minimum absolute atomic E-state index is 0.526. The predicted octanol–water partition coefficient (Wildman–Crippen LogP) is 1.42. The summed E-state index contributed by atoms with van der Waals surface area (Å²) in [4.78, 5) is 10.3. The third-order valence-electron chi connectivity index (χ3n) is 1.81. The summed E-state index contributed by atoms with van der Waals surface area (Å²) >= 11 is 0. The Morgan fingerprint density at radius 2 is 2.08 bits per heavy atom. The zero-order valence-electron chi connectivity index (χ0n) is 7.65. The standard InChI is InChI=1S/C9H17NO3/c10-8(9(12)13)6-4-2-1-3-5-7-11/h5,7-8,11H,1-4,6,10H2,(H,12,13)/b7-5+. The molecule has 0 saturated carbocycles. The molecule has 0 aliphatic heterocycles. The summed E-state index contributed by atoms with van der Waals surface area (Å²) < 4.78 is 0. The number of aliphatic hydroxyl groups is 1. The van der Waals surface area contributed by atoms with Crippen molar-refractivity contribution in [3.63, 3.8) is 0 Å². The lowest BCUT2D eigenvalue weighted by molar-refractivity contribution is -0.138. The van der Waals surface area contributed by atoms with Crippen molar-refractivity contribution in [1.82, 2.24) is 0 Å². The van der Waals surface area contributed by atoms with E-state index in [1.54, 1.807) is 6.08 Å². The molecule has 0 heterocycles. The normalized spacial score (nSPS) is 13.3. The molecule has 0 bridgehead atoms. The Balaban J connectivity index is 3.20. The first-order chi connectivity index (χ1) is 6.18. The van der Waals surface area contributed by atoms with Crippen LogP contribution in [0.25, 0.3) is 0 Å². The van der Waals surface area contributed by atoms with Gasteiger partial charge >= 0.3 is 5.97 Å². The van der Waals surface area contributed by atoms with E-state index in [1.165, 1.54) is 0 Å². The van der Waals surface area contributed by atoms with Crippen molar-refractivity contribution in [3.05, 3.63) is 12.3 Å². The molecule has 0 aliphatic carbocycles. The molecule has 76 valence electrons. The van der Waals surface area contributed by atoms with Crippen LogP contribution < -0.4 is 5.73 Å². The molecule has 4 heteroatoms. The van der Waals surface area contributed by atoms with Crippen LogP contribution in [0.5, 0.6) is 0 Å². The van der Waals surface area contributed by atoms with Crippen LogP contribution in [0.3, 0.4) is 0 Å². The number of rotatable bonds is 7. The molecular weight excluding hydrogens is 170 g/mol. The minimum Gasteiger partial charge on any atom is -0.516 e. The molecule has 0 aliphatic rings. The van der Waals surface area contributed by atoms with E-state index in [2.05, 4.69) is 0 Å². The Morgan fingerprint density at radius 3 is 2.62 bits per heavy atom. The van der Waals surface area contributed by atoms with E-state index in [0.29, 0.717) is 6.42 Å². The van der Waals surface area contributed by atoms with Crippen LogP contribution in [0.4, 0.5) is 0 Å². The van der Waals surface area contributed by atoms with Crippen molar-refractivity contribution in [2.45, 2.75) is 38.1 Å². The highest BCUT2D eigenvalue weighted by molar-refractivity contribution is 5.72. The van der Waals surface area contributed by atoms with Crippen LogP contribution in [-0.2, 0) is 4.79 Å². The van der Waals surface area contributed by atoms with Crippen LogP contribution in [0.15, 0.2) is 12.3 Å². The molecule has 0 fully saturated rings. The number of hydrogen-bond donors (Lipinski definition) is 3. The van der Waals surface area contributed by atoms with Crippen molar-refractivity contribution in [3.8, 4) is 0 Å². The van der Waals surface area contributed by atoms with Gasteiger partial charge in [-0.25, -0.2) is 0 Å². The Labute approximate surface area is 78.1 Å². The van der Waals surface area contributed by atoms with Crippen molar-refractivity contribution in [1.29, 1.82) is 0 Å². The number of carboxylic acid groups (broad SMARTS) is 1. The lowest BCUT2D eigenvalue weighted by Gasteiger charge is -2.04. The molecule has 0 spiro atoms. The van der Waals surface area contributed by atoms with Crippen molar-refractivity contribution < 1.29 is 15.0 Å². The SMILES string of the molecule is NC(CCCCC/C=C/O)C(=O)O. The van der Waals surface area contributed by atoms with Crippen molar-refractivity contribution >= 4 is 5.97 Å². The summed E-state index contributed by atoms with van der Waals surface area (Å²) in [7, 11) is 0. The maximum Gasteiger partial charge on any atom is 0.320 e. The van der Waals surface area contributed by atoms with Crippen LogP contribution in [0.1, 0.15) is 32.1 Å². The maximum absolute atomic E-state index is 10.3. The minimum atomic E-state index is -0.935. The molecule has 4 N–H and O–H groups in total. The quantitative estimate of drug-likeness (QED) is 0.415. The number of aliphatic hydroxyl groups excluding tert-OH is 1. The maximum atomic E-state index is 10.3. The second-order valence-electron chi connectivity index (χ2n) is 2.97. The fraction of sp³-hybridized carbons (Fsp3) is 0.667. The molecule has 0 amide bonds. The van der Waals surface area contributed by atoms with Gasteiger partial charge in [0.05, 0.1) is 6.26 Å². The predicted molar refractivity (Wildman–Crippen MR) is 50.5 cm³/mol. The van der Waals surface area contributed by atoms with E-state index in [1.807, 2.05) is 0 Å². The molecule has 0 aromatic rings. The molecule has 0 saturated heterocycles. The number of carbonyl (C=O) groups is 1. The van der Waals surface area contributed by atoms with Crippen LogP contribution in [0.2, 0.25) is 0 Å². The highest BCUT2D eigenvalue weighted by Gasteiger charge is 2.09. The Bertz CT molecular complexity index is 168. The van der Waals surface area contributed by atoms with E-state index >= 15 is 0 Å². The fourth-order valence-corrected chi connectivity index (χ4v) is 1.00. The van der Waals surface area contributed by atoms with Gasteiger partial charge in [0.15, 0.2) is 0 Å². The van der Waals surface area contributed by atoms with Crippen LogP contribution in [-0.4, -0.2) is 22.2 Å². The largest absolute Gasteiger partial charge is 0.516 e. The number of unbranched alkanes of at least 4 members (excludes halogenated alkanes) is 3. The first-order valence-electron chi connectivity index (χ1n) is 4.46. The van der Waals surface area contributed by atoms with Gasteiger partial charge in [-0.2, -0.15) is 0 Å². The van der Waals surface area contributed by atoms with Crippen LogP contribution in [0, 0.1) is 0 Å². The Morgan fingerprint density at radius 1 is 1.38 bits per heavy atom. The molecular formula is C9H17NO3. The van der Waals surface area contributed by atoms with Crippen LogP contribution >= 0.6 is 0 Å². The van der Waals surface area contributed by atoms with Gasteiger partial charge in [-0.1, -0.05) is 18.9 Å². The number of aliphatic carboxylic acids is 1. The smallest absolute Gasteiger partial charge is 0.320 e. The average Bonchev–Trinajstić information content (AvgIpc) is 2.10. The molecule has 13 heavy (non-hydrogen) atoms. The summed E-state index contributed by atoms with van der Waals surface area (Å²) in [5.74, 6) is -0.935. The van der Waals surface area contributed by atoms with E-state index in [-0.39, 0.29) is 0 Å². The summed E-state index contributed by atoms with van der Waals surface area (Å²) in [5.41, 5.74) is 5.30. The lowest BCUT2D eigenvalue weighted by atomic mass is 10.1. The summed E-state index contributed by atoms with van der Waals surface area (Å²) in [6, 6.07) is -0.728. The Kier molecular flexibility index (Phi) is 7.01. The first kappa shape index (κ1) is 12.0. The van der Waals surface area contributed by atoms with Gasteiger partial charge in [-0.05, 0) is 19.3 Å². The summed E-state index contributed by atoms with van der Waals surface area (Å²) in [6.45, 7) is 0. The highest BCUT2D eigenvalue weighted by Crippen LogP contribution is 2.05. The van der Waals surface area contributed by atoms with Gasteiger partial charge in [-0.15, -0.1) is 0 Å². The zero-order chi connectivity index (χ0) is 10.1. The van der Waals surface area contributed by atoms with Gasteiger partial charge in [0, 0.05) is 0 Å². The second-order valence-corrected chi connectivity index (χ2v) is 2.97. The molecule has 0 aromatic heterocycles. The van der Waals surface area contributed by atoms with E-state index in [9.17, 15) is 4.79 Å². The summed E-state index contributed by atoms with van der Waals surface area (Å²) in [6.07, 6.45) is 6.80. The lowest BCUT2D eigenvalue weighted by Crippen LogP contribution is -2.29. The van der Waals surface area contributed by atoms with Gasteiger partial charge in [-0.3, -0.25) is 4.79 Å². The zero-order valence-corrected chi connectivity index (χ0v) is 7.65. The number of allylic oxidation sites excluding steroid dienone is 1. The number of carboxylic acids is 1. The van der Waals surface area contributed by atoms with Gasteiger partial charge in [0.1, 0.15) is 6.04 Å². The fourth-order valence-electron chi connectivity index (χ4n) is 1.00. The number of nitrogens with two attached hydrogens (primary N) is 1. The molecule has 1 unspecified atom stereocenters. The van der Waals surface area contributed by atoms with Crippen molar-refractivity contribution in [2.24, 2.45) is 5.73 Å². The summed E-state index contributed by atoms with van der Waals surface area (Å²) in [5, 5.41) is 16.8. The van der Waals surface area contributed by atoms with Gasteiger partial charge in [0.25, 0.3) is 0 Å². The first-order valence-corrected chi connectivity index (χ1v) is 4.46. The third-order valence-corrected chi connectivity index (χ3v) is 1.81. The van der Waals surface area contributed by atoms with E-state index < -0.39 is 12.0 Å². The average molecular weight is 187 g/mol. The Hall–Kier alpha value is -1.03. The van der Waals surface area contributed by atoms with Crippen molar-refractivity contribution in [2.75, 3.05) is 0 Å².